The van der Waals surface area contributed by atoms with Crippen LogP contribution in [-0.4, -0.2) is 29.1 Å². The third-order valence-electron chi connectivity index (χ3n) is 2.26. The van der Waals surface area contributed by atoms with Crippen LogP contribution in [0.25, 0.3) is 0 Å². The van der Waals surface area contributed by atoms with E-state index in [0.29, 0.717) is 18.0 Å². The number of thiazole rings is 1. The molecule has 0 aromatic carbocycles. The molecule has 0 spiro atoms. The zero-order valence-corrected chi connectivity index (χ0v) is 12.2. The van der Waals surface area contributed by atoms with Gasteiger partial charge in [-0.1, -0.05) is 20.8 Å². The molecule has 0 aliphatic carbocycles. The molecule has 0 fully saturated rings. The second-order valence-corrected chi connectivity index (χ2v) is 5.95. The third kappa shape index (κ3) is 4.25. The summed E-state index contributed by atoms with van der Waals surface area (Å²) in [7, 11) is 1.54. The van der Waals surface area contributed by atoms with Gasteiger partial charge in [-0.15, -0.1) is 0 Å². The minimum absolute atomic E-state index is 0.0448. The fourth-order valence-electron chi connectivity index (χ4n) is 1.14. The summed E-state index contributed by atoms with van der Waals surface area (Å²) >= 11 is 0.883. The van der Waals surface area contributed by atoms with Crippen molar-refractivity contribution in [3.05, 3.63) is 21.1 Å². The average Bonchev–Trinajstić information content (AvgIpc) is 2.68. The van der Waals surface area contributed by atoms with Gasteiger partial charge in [-0.3, -0.25) is 14.9 Å². The van der Waals surface area contributed by atoms with Gasteiger partial charge in [0.2, 0.25) is 0 Å². The maximum absolute atomic E-state index is 11.9. The van der Waals surface area contributed by atoms with Crippen molar-refractivity contribution >= 4 is 22.2 Å². The molecule has 0 saturated carbocycles. The number of hydrogen-bond donors (Lipinski definition) is 0. The maximum atomic E-state index is 11.9. The lowest BCUT2D eigenvalue weighted by Gasteiger charge is -2.11. The van der Waals surface area contributed by atoms with Gasteiger partial charge in [-0.05, 0) is 11.3 Å². The second kappa shape index (κ2) is 6.07. The Morgan fingerprint density at radius 2 is 2.21 bits per heavy atom. The Morgan fingerprint density at radius 3 is 2.68 bits per heavy atom. The van der Waals surface area contributed by atoms with Crippen LogP contribution in [0, 0.1) is 15.5 Å². The molecule has 0 radical (unpaired) electrons. The van der Waals surface area contributed by atoms with Crippen molar-refractivity contribution in [1.82, 2.24) is 4.57 Å². The lowest BCUT2D eigenvalue weighted by Crippen LogP contribution is -2.24. The van der Waals surface area contributed by atoms with Gasteiger partial charge < -0.3 is 9.30 Å². The lowest BCUT2D eigenvalue weighted by molar-refractivity contribution is -0.380. The molecule has 0 bridgehead atoms. The van der Waals surface area contributed by atoms with Crippen LogP contribution in [0.5, 0.6) is 0 Å². The summed E-state index contributed by atoms with van der Waals surface area (Å²) in [6.45, 7) is 6.06. The fraction of sp³-hybridized carbons (Fsp3) is 0.636. The van der Waals surface area contributed by atoms with Crippen molar-refractivity contribution in [1.29, 1.82) is 0 Å². The summed E-state index contributed by atoms with van der Waals surface area (Å²) in [6.07, 6.45) is 1.37. The molecule has 0 unspecified atom stereocenters. The van der Waals surface area contributed by atoms with Crippen molar-refractivity contribution in [3.63, 3.8) is 0 Å². The molecule has 0 saturated heterocycles. The Morgan fingerprint density at radius 1 is 1.58 bits per heavy atom. The Balaban J connectivity index is 3.20. The number of carbonyl (C=O) groups excluding carboxylic acids is 1. The smallest absolute Gasteiger partial charge is 0.343 e. The van der Waals surface area contributed by atoms with Crippen molar-refractivity contribution < 1.29 is 14.5 Å². The van der Waals surface area contributed by atoms with Crippen molar-refractivity contribution in [2.45, 2.75) is 27.3 Å². The number of ether oxygens (including phenoxy) is 1. The maximum Gasteiger partial charge on any atom is 0.343 e. The van der Waals surface area contributed by atoms with Crippen LogP contribution in [0.15, 0.2) is 11.2 Å². The number of nitrogens with zero attached hydrogens (tertiary/aromatic N) is 3. The van der Waals surface area contributed by atoms with Crippen molar-refractivity contribution in [2.24, 2.45) is 10.4 Å². The first-order valence-electron chi connectivity index (χ1n) is 5.68. The summed E-state index contributed by atoms with van der Waals surface area (Å²) in [6, 6.07) is 0. The van der Waals surface area contributed by atoms with Gasteiger partial charge in [0, 0.05) is 19.1 Å². The first kappa shape index (κ1) is 15.5. The van der Waals surface area contributed by atoms with Crippen molar-refractivity contribution in [3.8, 4) is 0 Å². The largest absolute Gasteiger partial charge is 0.383 e. The molecule has 0 atom stereocenters. The predicted molar refractivity (Wildman–Crippen MR) is 70.9 cm³/mol. The van der Waals surface area contributed by atoms with E-state index < -0.39 is 10.3 Å². The first-order chi connectivity index (χ1) is 8.75. The number of amides is 1. The molecule has 0 aliphatic heterocycles. The average molecular weight is 287 g/mol. The molecular weight excluding hydrogens is 270 g/mol. The standard InChI is InChI=1S/C11H17N3O4S/c1-11(2,3)9(15)12-10-13(5-6-18-4)7-8(19-10)14(16)17/h7H,5-6H2,1-4H3. The second-order valence-electron chi connectivity index (χ2n) is 4.96. The van der Waals surface area contributed by atoms with E-state index in [9.17, 15) is 14.9 Å². The van der Waals surface area contributed by atoms with E-state index >= 15 is 0 Å². The Kier molecular flexibility index (Phi) is 4.96. The van der Waals surface area contributed by atoms with Crippen LogP contribution in [0.2, 0.25) is 0 Å². The summed E-state index contributed by atoms with van der Waals surface area (Å²) in [5.41, 5.74) is -0.613. The van der Waals surface area contributed by atoms with Crippen LogP contribution < -0.4 is 4.80 Å². The first-order valence-corrected chi connectivity index (χ1v) is 6.50. The number of methoxy groups -OCH3 is 1. The summed E-state index contributed by atoms with van der Waals surface area (Å²) in [5, 5.41) is 10.7. The van der Waals surface area contributed by atoms with Gasteiger partial charge in [-0.25, -0.2) is 0 Å². The number of aromatic nitrogens is 1. The highest BCUT2D eigenvalue weighted by Crippen LogP contribution is 2.17. The third-order valence-corrected chi connectivity index (χ3v) is 3.23. The van der Waals surface area contributed by atoms with E-state index in [-0.39, 0.29) is 10.9 Å². The van der Waals surface area contributed by atoms with Crippen LogP contribution >= 0.6 is 11.3 Å². The minimum atomic E-state index is -0.613. The molecule has 0 N–H and O–H groups in total. The van der Waals surface area contributed by atoms with Crippen LogP contribution in [-0.2, 0) is 16.1 Å². The Labute approximate surface area is 114 Å². The van der Waals surface area contributed by atoms with E-state index in [2.05, 4.69) is 4.99 Å². The molecular formula is C11H17N3O4S. The SMILES string of the molecule is COCCn1cc([N+](=O)[O-])sc1=NC(=O)C(C)(C)C. The molecule has 106 valence electrons. The lowest BCUT2D eigenvalue weighted by atomic mass is 9.96. The number of carbonyl (C=O) groups is 1. The number of hydrogen-bond acceptors (Lipinski definition) is 5. The van der Waals surface area contributed by atoms with E-state index in [1.807, 2.05) is 0 Å². The van der Waals surface area contributed by atoms with E-state index in [4.69, 9.17) is 4.74 Å². The Bertz CT molecular complexity index is 539. The van der Waals surface area contributed by atoms with Gasteiger partial charge in [0.15, 0.2) is 4.80 Å². The number of rotatable bonds is 4. The molecule has 1 aromatic heterocycles. The topological polar surface area (TPSA) is 86.7 Å². The summed E-state index contributed by atoms with van der Waals surface area (Å²) < 4.78 is 6.50. The highest BCUT2D eigenvalue weighted by Gasteiger charge is 2.21. The fourth-order valence-corrected chi connectivity index (χ4v) is 1.97. The summed E-state index contributed by atoms with van der Waals surface area (Å²) in [5.74, 6) is -0.310. The van der Waals surface area contributed by atoms with Crippen LogP contribution in [0.1, 0.15) is 20.8 Å². The molecule has 1 amide bonds. The van der Waals surface area contributed by atoms with Crippen LogP contribution in [0.3, 0.4) is 0 Å². The summed E-state index contributed by atoms with van der Waals surface area (Å²) in [4.78, 5) is 26.4. The van der Waals surface area contributed by atoms with Gasteiger partial charge in [-0.2, -0.15) is 4.99 Å². The number of nitro groups is 1. The molecule has 19 heavy (non-hydrogen) atoms. The quantitative estimate of drug-likeness (QED) is 0.621. The molecule has 1 aromatic rings. The van der Waals surface area contributed by atoms with Crippen LogP contribution in [0.4, 0.5) is 5.00 Å². The van der Waals surface area contributed by atoms with Gasteiger partial charge in [0.1, 0.15) is 0 Å². The molecule has 0 aliphatic rings. The zero-order chi connectivity index (χ0) is 14.6. The monoisotopic (exact) mass is 287 g/mol. The van der Waals surface area contributed by atoms with Gasteiger partial charge in [0.25, 0.3) is 5.91 Å². The highest BCUT2D eigenvalue weighted by atomic mass is 32.1. The predicted octanol–water partition coefficient (Wildman–Crippen LogP) is 1.58. The van der Waals surface area contributed by atoms with E-state index in [1.54, 1.807) is 32.4 Å². The normalized spacial score (nSPS) is 12.7. The molecule has 7 nitrogen and oxygen atoms in total. The van der Waals surface area contributed by atoms with Gasteiger partial charge >= 0.3 is 5.00 Å². The molecule has 8 heteroatoms. The van der Waals surface area contributed by atoms with E-state index in [0.717, 1.165) is 11.3 Å². The van der Waals surface area contributed by atoms with Crippen molar-refractivity contribution in [2.75, 3.05) is 13.7 Å². The molecule has 1 heterocycles. The highest BCUT2D eigenvalue weighted by molar-refractivity contribution is 7.12. The van der Waals surface area contributed by atoms with E-state index in [1.165, 1.54) is 6.20 Å². The molecule has 1 rings (SSSR count). The van der Waals surface area contributed by atoms with Gasteiger partial charge in [0.05, 0.1) is 17.7 Å². The zero-order valence-electron chi connectivity index (χ0n) is 11.4. The minimum Gasteiger partial charge on any atom is -0.383 e. The Hall–Kier alpha value is -1.54.